The maximum atomic E-state index is 13.5. The maximum absolute atomic E-state index is 13.5. The van der Waals surface area contributed by atoms with E-state index in [1.165, 1.54) is 6.26 Å². The predicted molar refractivity (Wildman–Crippen MR) is 174 cm³/mol. The first kappa shape index (κ1) is 31.8. The number of carbonyl (C=O) groups is 2. The number of hydrogen-bond donors (Lipinski definition) is 1. The minimum atomic E-state index is -1.91. The van der Waals surface area contributed by atoms with Crippen LogP contribution in [0.1, 0.15) is 70.8 Å². The molecular weight excluding hydrogens is 576 g/mol. The van der Waals surface area contributed by atoms with Crippen LogP contribution in [0.2, 0.25) is 18.1 Å². The molecule has 1 fully saturated rings. The van der Waals surface area contributed by atoms with Crippen molar-refractivity contribution in [2.24, 2.45) is 7.05 Å². The second kappa shape index (κ2) is 11.7. The van der Waals surface area contributed by atoms with Gasteiger partial charge in [-0.15, -0.1) is 0 Å². The number of rotatable bonds is 6. The first-order valence-electron chi connectivity index (χ1n) is 15.3. The Morgan fingerprint density at radius 2 is 1.86 bits per heavy atom. The fraction of sp³-hybridized carbons (Fsp3) is 0.562. The molecule has 0 aliphatic carbocycles. The van der Waals surface area contributed by atoms with Crippen LogP contribution in [0.4, 0.5) is 16.2 Å². The van der Waals surface area contributed by atoms with Gasteiger partial charge in [0, 0.05) is 44.2 Å². The average molecular weight is 623 g/mol. The molecule has 2 aliphatic rings. The Morgan fingerprint density at radius 3 is 2.52 bits per heavy atom. The van der Waals surface area contributed by atoms with Crippen LogP contribution in [0.25, 0.3) is 16.5 Å². The zero-order chi connectivity index (χ0) is 32.0. The molecule has 2 aromatic heterocycles. The molecule has 1 N–H and O–H groups in total. The van der Waals surface area contributed by atoms with E-state index in [2.05, 4.69) is 60.2 Å². The van der Waals surface area contributed by atoms with E-state index in [-0.39, 0.29) is 28.8 Å². The number of hydrogen-bond acceptors (Lipinski definition) is 8. The largest absolute Gasteiger partial charge is 0.444 e. The van der Waals surface area contributed by atoms with Crippen molar-refractivity contribution in [2.75, 3.05) is 36.4 Å². The number of nitrogens with one attached hydrogen (secondary N) is 1. The van der Waals surface area contributed by atoms with Crippen LogP contribution in [0, 0.1) is 0 Å². The molecule has 2 amide bonds. The smallest absolute Gasteiger partial charge is 0.410 e. The lowest BCUT2D eigenvalue weighted by Crippen LogP contribution is -2.44. The molecule has 0 spiro atoms. The number of amides is 2. The first-order chi connectivity index (χ1) is 20.5. The van der Waals surface area contributed by atoms with Crippen molar-refractivity contribution in [1.82, 2.24) is 19.7 Å². The first-order valence-corrected chi connectivity index (χ1v) is 18.2. The minimum absolute atomic E-state index is 0.135. The molecule has 1 saturated heterocycles. The van der Waals surface area contributed by atoms with Crippen LogP contribution in [0.15, 0.2) is 35.1 Å². The summed E-state index contributed by atoms with van der Waals surface area (Å²) in [5.41, 5.74) is 3.02. The zero-order valence-electron chi connectivity index (χ0n) is 27.5. The lowest BCUT2D eigenvalue weighted by Gasteiger charge is -2.38. The molecule has 4 heterocycles. The number of fused-ring (bicyclic) bond motifs is 1. The van der Waals surface area contributed by atoms with Crippen LogP contribution in [-0.2, 0) is 16.2 Å². The lowest BCUT2D eigenvalue weighted by molar-refractivity contribution is 0.0270. The number of nitrogens with zero attached hydrogens (tertiary/aromatic N) is 5. The highest BCUT2D eigenvalue weighted by Crippen LogP contribution is 2.40. The Labute approximate surface area is 260 Å². The van der Waals surface area contributed by atoms with Crippen molar-refractivity contribution >= 4 is 48.2 Å². The van der Waals surface area contributed by atoms with Crippen molar-refractivity contribution in [3.05, 3.63) is 42.3 Å². The van der Waals surface area contributed by atoms with E-state index in [1.807, 2.05) is 46.2 Å². The Hall–Kier alpha value is -3.64. The maximum Gasteiger partial charge on any atom is 0.410 e. The number of anilines is 2. The monoisotopic (exact) mass is 622 g/mol. The van der Waals surface area contributed by atoms with Crippen molar-refractivity contribution in [3.8, 4) is 0 Å². The molecule has 0 unspecified atom stereocenters. The van der Waals surface area contributed by atoms with Crippen LogP contribution in [-0.4, -0.2) is 77.9 Å². The van der Waals surface area contributed by atoms with E-state index in [4.69, 9.17) is 13.6 Å². The molecule has 11 nitrogen and oxygen atoms in total. The predicted octanol–water partition coefficient (Wildman–Crippen LogP) is 6.44. The third-order valence-electron chi connectivity index (χ3n) is 8.74. The second-order valence-corrected chi connectivity index (χ2v) is 19.1. The van der Waals surface area contributed by atoms with Crippen LogP contribution >= 0.6 is 0 Å². The van der Waals surface area contributed by atoms with E-state index in [9.17, 15) is 9.59 Å². The van der Waals surface area contributed by atoms with Crippen molar-refractivity contribution in [1.29, 1.82) is 0 Å². The lowest BCUT2D eigenvalue weighted by atomic mass is 10.1. The summed E-state index contributed by atoms with van der Waals surface area (Å²) in [7, 11) is -0.0275. The molecule has 12 heteroatoms. The molecule has 5 rings (SSSR count). The molecule has 0 radical (unpaired) electrons. The van der Waals surface area contributed by atoms with Crippen molar-refractivity contribution < 1.29 is 23.2 Å². The fourth-order valence-corrected chi connectivity index (χ4v) is 6.63. The van der Waals surface area contributed by atoms with Gasteiger partial charge < -0.3 is 28.7 Å². The molecule has 0 saturated carbocycles. The van der Waals surface area contributed by atoms with E-state index < -0.39 is 13.9 Å². The Morgan fingerprint density at radius 1 is 1.11 bits per heavy atom. The van der Waals surface area contributed by atoms with Gasteiger partial charge in [0.1, 0.15) is 11.9 Å². The molecule has 1 atom stereocenters. The number of oxazole rings is 1. The molecule has 238 valence electrons. The summed E-state index contributed by atoms with van der Waals surface area (Å²) in [6, 6.07) is 4.05. The summed E-state index contributed by atoms with van der Waals surface area (Å²) in [6.45, 7) is 19.3. The van der Waals surface area contributed by atoms with Gasteiger partial charge in [0.2, 0.25) is 5.89 Å². The van der Waals surface area contributed by atoms with E-state index in [1.54, 1.807) is 9.58 Å². The number of benzene rings is 1. The third-order valence-corrected chi connectivity index (χ3v) is 13.3. The SMILES string of the molecule is Cn1ncc2cc(N3CC[C@H](O[Si](C)(C)C(C)(C)C)C3)c(NC(=O)c3coc(C4=CCN(C(=O)OC(C)(C)C)CC4)n3)cc21. The van der Waals surface area contributed by atoms with Crippen LogP contribution < -0.4 is 10.2 Å². The minimum Gasteiger partial charge on any atom is -0.444 e. The van der Waals surface area contributed by atoms with Gasteiger partial charge in [-0.25, -0.2) is 9.78 Å². The van der Waals surface area contributed by atoms with Gasteiger partial charge in [0.05, 0.1) is 29.2 Å². The molecule has 2 aliphatic heterocycles. The molecule has 3 aromatic rings. The van der Waals surface area contributed by atoms with Gasteiger partial charge in [0.15, 0.2) is 14.0 Å². The molecule has 0 bridgehead atoms. The Balaban J connectivity index is 1.31. The number of carbonyl (C=O) groups excluding carboxylic acids is 2. The molecule has 44 heavy (non-hydrogen) atoms. The Bertz CT molecular complexity index is 1580. The average Bonchev–Trinajstić information content (AvgIpc) is 3.67. The summed E-state index contributed by atoms with van der Waals surface area (Å²) >= 11 is 0. The van der Waals surface area contributed by atoms with Crippen molar-refractivity contribution in [3.63, 3.8) is 0 Å². The molecule has 1 aromatic carbocycles. The summed E-state index contributed by atoms with van der Waals surface area (Å²) in [5.74, 6) is 0.0225. The van der Waals surface area contributed by atoms with E-state index >= 15 is 0 Å². The third kappa shape index (κ3) is 6.86. The van der Waals surface area contributed by atoms with Gasteiger partial charge in [-0.2, -0.15) is 5.10 Å². The summed E-state index contributed by atoms with van der Waals surface area (Å²) in [5, 5.41) is 8.65. The van der Waals surface area contributed by atoms with E-state index in [0.717, 1.165) is 41.7 Å². The summed E-state index contributed by atoms with van der Waals surface area (Å²) in [4.78, 5) is 34.3. The summed E-state index contributed by atoms with van der Waals surface area (Å²) < 4.78 is 19.7. The number of ether oxygens (including phenoxy) is 1. The fourth-order valence-electron chi connectivity index (χ4n) is 5.25. The van der Waals surface area contributed by atoms with Crippen LogP contribution in [0.5, 0.6) is 0 Å². The second-order valence-electron chi connectivity index (χ2n) is 14.3. The van der Waals surface area contributed by atoms with Crippen LogP contribution in [0.3, 0.4) is 0 Å². The zero-order valence-corrected chi connectivity index (χ0v) is 28.5. The Kier molecular flexibility index (Phi) is 8.45. The topological polar surface area (TPSA) is 115 Å². The summed E-state index contributed by atoms with van der Waals surface area (Å²) in [6.07, 6.45) is 6.38. The highest BCUT2D eigenvalue weighted by atomic mass is 28.4. The highest BCUT2D eigenvalue weighted by molar-refractivity contribution is 6.74. The van der Waals surface area contributed by atoms with Gasteiger partial charge in [-0.1, -0.05) is 26.8 Å². The van der Waals surface area contributed by atoms with E-state index in [0.29, 0.717) is 31.1 Å². The van der Waals surface area contributed by atoms with Gasteiger partial charge in [0.25, 0.3) is 5.91 Å². The van der Waals surface area contributed by atoms with Crippen molar-refractivity contribution in [2.45, 2.75) is 84.2 Å². The number of aryl methyl sites for hydroxylation is 1. The number of aromatic nitrogens is 3. The van der Waals surface area contributed by atoms with Gasteiger partial charge in [-0.3, -0.25) is 9.48 Å². The van der Waals surface area contributed by atoms with Gasteiger partial charge in [-0.05, 0) is 63.9 Å². The highest BCUT2D eigenvalue weighted by Gasteiger charge is 2.41. The molecular formula is C32H46N6O5Si. The normalized spacial score (nSPS) is 18.1. The van der Waals surface area contributed by atoms with Gasteiger partial charge >= 0.3 is 6.09 Å². The standard InChI is InChI=1S/C32H46N6O5Si/c1-31(2,3)42-30(40)37-13-10-21(11-14-37)29-35-25(20-41-29)28(39)34-24-17-26-22(18-33-36(26)7)16-27(24)38-15-12-23(19-38)43-44(8,9)32(4,5)6/h10,16-18,20,23H,11-15,19H2,1-9H3,(H,34,39)/t23-/m0/s1. The quantitative estimate of drug-likeness (QED) is 0.313.